The highest BCUT2D eigenvalue weighted by atomic mass is 32.2. The van der Waals surface area contributed by atoms with Crippen LogP contribution in [0.1, 0.15) is 12.5 Å². The first-order valence-electron chi connectivity index (χ1n) is 6.60. The summed E-state index contributed by atoms with van der Waals surface area (Å²) >= 11 is 1.49. The van der Waals surface area contributed by atoms with Crippen molar-refractivity contribution in [1.29, 1.82) is 0 Å². The Balaban J connectivity index is 1.72. The van der Waals surface area contributed by atoms with Gasteiger partial charge in [0.05, 0.1) is 6.54 Å². The molecule has 0 bridgehead atoms. The van der Waals surface area contributed by atoms with E-state index in [0.29, 0.717) is 11.7 Å². The lowest BCUT2D eigenvalue weighted by Crippen LogP contribution is -2.46. The Bertz CT molecular complexity index is 534. The summed E-state index contributed by atoms with van der Waals surface area (Å²) in [5, 5.41) is 5.75. The number of nitrogens with zero attached hydrogens (tertiary/aromatic N) is 1. The maximum atomic E-state index is 11.8. The third-order valence-electron chi connectivity index (χ3n) is 2.76. The quantitative estimate of drug-likeness (QED) is 0.884. The average Bonchev–Trinajstić information content (AvgIpc) is 2.99. The van der Waals surface area contributed by atoms with E-state index in [1.165, 1.54) is 11.8 Å². The molecule has 1 atom stereocenters. The number of nitrogens with one attached hydrogen (secondary N) is 2. The normalized spacial score (nSPS) is 15.0. The van der Waals surface area contributed by atoms with Crippen LogP contribution >= 0.6 is 11.8 Å². The highest BCUT2D eigenvalue weighted by Crippen LogP contribution is 2.08. The smallest absolute Gasteiger partial charge is 0.408 e. The fraction of sp³-hybridized carbons (Fsp3) is 0.357. The molecule has 21 heavy (non-hydrogen) atoms. The molecule has 2 rings (SSSR count). The number of aliphatic imine (C=N–C) groups is 1. The number of alkyl carbamates (subject to hydrolysis) is 1. The van der Waals surface area contributed by atoms with Gasteiger partial charge in [0.25, 0.3) is 0 Å². The number of hydrogen-bond donors (Lipinski definition) is 2. The fourth-order valence-corrected chi connectivity index (χ4v) is 2.36. The van der Waals surface area contributed by atoms with E-state index < -0.39 is 12.1 Å². The Morgan fingerprint density at radius 3 is 2.81 bits per heavy atom. The summed E-state index contributed by atoms with van der Waals surface area (Å²) in [6.07, 6.45) is -0.623. The van der Waals surface area contributed by atoms with Gasteiger partial charge in [0.15, 0.2) is 5.17 Å². The monoisotopic (exact) mass is 307 g/mol. The Morgan fingerprint density at radius 1 is 1.38 bits per heavy atom. The molecule has 1 aromatic rings. The van der Waals surface area contributed by atoms with Crippen LogP contribution in [0, 0.1) is 0 Å². The Labute approximate surface area is 127 Å². The van der Waals surface area contributed by atoms with Crippen LogP contribution < -0.4 is 10.6 Å². The predicted molar refractivity (Wildman–Crippen MR) is 82.1 cm³/mol. The number of thioether (sulfide) groups is 1. The fourth-order valence-electron chi connectivity index (χ4n) is 1.63. The van der Waals surface area contributed by atoms with Gasteiger partial charge in [-0.05, 0) is 12.5 Å². The SMILES string of the molecule is C[C@@H](NC(=O)OCc1ccccc1)C(=O)NC1=NCCS1. The molecule has 6 nitrogen and oxygen atoms in total. The van der Waals surface area contributed by atoms with Crippen LogP contribution in [0.5, 0.6) is 0 Å². The summed E-state index contributed by atoms with van der Waals surface area (Å²) in [6, 6.07) is 8.66. The van der Waals surface area contributed by atoms with Crippen molar-refractivity contribution in [3.05, 3.63) is 35.9 Å². The summed E-state index contributed by atoms with van der Waals surface area (Å²) in [7, 11) is 0. The van der Waals surface area contributed by atoms with Crippen molar-refractivity contribution in [2.75, 3.05) is 12.3 Å². The Kier molecular flexibility index (Phi) is 5.62. The first kappa shape index (κ1) is 15.4. The van der Waals surface area contributed by atoms with Crippen molar-refractivity contribution in [2.45, 2.75) is 19.6 Å². The largest absolute Gasteiger partial charge is 0.445 e. The van der Waals surface area contributed by atoms with E-state index in [9.17, 15) is 9.59 Å². The highest BCUT2D eigenvalue weighted by molar-refractivity contribution is 8.14. The lowest BCUT2D eigenvalue weighted by Gasteiger charge is -2.13. The van der Waals surface area contributed by atoms with Crippen LogP contribution in [0.3, 0.4) is 0 Å². The van der Waals surface area contributed by atoms with Gasteiger partial charge in [0.2, 0.25) is 5.91 Å². The Hall–Kier alpha value is -2.02. The van der Waals surface area contributed by atoms with Gasteiger partial charge in [-0.25, -0.2) is 4.79 Å². The second-order valence-corrected chi connectivity index (χ2v) is 5.54. The molecule has 0 saturated heterocycles. The van der Waals surface area contributed by atoms with Crippen molar-refractivity contribution in [3.8, 4) is 0 Å². The zero-order valence-corrected chi connectivity index (χ0v) is 12.5. The summed E-state index contributed by atoms with van der Waals surface area (Å²) in [5.41, 5.74) is 0.890. The molecule has 2 amide bonds. The van der Waals surface area contributed by atoms with Crippen LogP contribution in [-0.2, 0) is 16.1 Å². The van der Waals surface area contributed by atoms with Crippen molar-refractivity contribution >= 4 is 28.9 Å². The maximum Gasteiger partial charge on any atom is 0.408 e. The van der Waals surface area contributed by atoms with Crippen molar-refractivity contribution in [3.63, 3.8) is 0 Å². The molecular weight excluding hydrogens is 290 g/mol. The summed E-state index contributed by atoms with van der Waals surface area (Å²) in [4.78, 5) is 27.6. The first-order valence-corrected chi connectivity index (χ1v) is 7.59. The van der Waals surface area contributed by atoms with Gasteiger partial charge in [0.1, 0.15) is 12.6 Å². The van der Waals surface area contributed by atoms with E-state index in [-0.39, 0.29) is 12.5 Å². The number of hydrogen-bond acceptors (Lipinski definition) is 5. The lowest BCUT2D eigenvalue weighted by molar-refractivity contribution is -0.121. The molecule has 0 aliphatic carbocycles. The number of carbonyl (C=O) groups excluding carboxylic acids is 2. The highest BCUT2D eigenvalue weighted by Gasteiger charge is 2.19. The summed E-state index contributed by atoms with van der Waals surface area (Å²) in [6.45, 7) is 2.48. The molecule has 1 aliphatic heterocycles. The molecule has 0 radical (unpaired) electrons. The second kappa shape index (κ2) is 7.68. The first-order chi connectivity index (χ1) is 10.1. The standard InChI is InChI=1S/C14H17N3O3S/c1-10(12(18)17-13-15-7-8-21-13)16-14(19)20-9-11-5-3-2-4-6-11/h2-6,10H,7-9H2,1H3,(H,16,19)(H,15,17,18)/t10-/m1/s1. The molecule has 0 aromatic heterocycles. The van der Waals surface area contributed by atoms with E-state index in [1.54, 1.807) is 6.92 Å². The van der Waals surface area contributed by atoms with Crippen LogP contribution in [0.25, 0.3) is 0 Å². The molecule has 7 heteroatoms. The van der Waals surface area contributed by atoms with Gasteiger partial charge in [-0.3, -0.25) is 9.79 Å². The number of amides is 2. The number of rotatable bonds is 4. The molecule has 1 aromatic carbocycles. The maximum absolute atomic E-state index is 11.8. The van der Waals surface area contributed by atoms with Crippen LogP contribution in [-0.4, -0.2) is 35.5 Å². The van der Waals surface area contributed by atoms with Gasteiger partial charge < -0.3 is 15.4 Å². The number of benzene rings is 1. The number of ether oxygens (including phenoxy) is 1. The summed E-state index contributed by atoms with van der Waals surface area (Å²) < 4.78 is 5.05. The van der Waals surface area contributed by atoms with Crippen molar-refractivity contribution in [2.24, 2.45) is 4.99 Å². The molecule has 2 N–H and O–H groups in total. The third kappa shape index (κ3) is 5.11. The van der Waals surface area contributed by atoms with E-state index in [4.69, 9.17) is 4.74 Å². The van der Waals surface area contributed by atoms with Gasteiger partial charge in [-0.1, -0.05) is 42.1 Å². The van der Waals surface area contributed by atoms with Crippen LogP contribution in [0.4, 0.5) is 4.79 Å². The number of carbonyl (C=O) groups is 2. The van der Waals surface area contributed by atoms with Gasteiger partial charge in [0, 0.05) is 5.75 Å². The van der Waals surface area contributed by atoms with Crippen LogP contribution in [0.2, 0.25) is 0 Å². The van der Waals surface area contributed by atoms with Gasteiger partial charge in [-0.15, -0.1) is 0 Å². The summed E-state index contributed by atoms with van der Waals surface area (Å²) in [5.74, 6) is 0.566. The third-order valence-corrected chi connectivity index (χ3v) is 3.65. The van der Waals surface area contributed by atoms with Crippen molar-refractivity contribution < 1.29 is 14.3 Å². The van der Waals surface area contributed by atoms with Gasteiger partial charge >= 0.3 is 6.09 Å². The van der Waals surface area contributed by atoms with E-state index in [0.717, 1.165) is 11.3 Å². The molecule has 0 saturated carbocycles. The molecule has 0 spiro atoms. The minimum Gasteiger partial charge on any atom is -0.445 e. The van der Waals surface area contributed by atoms with E-state index in [2.05, 4.69) is 15.6 Å². The van der Waals surface area contributed by atoms with Crippen molar-refractivity contribution in [1.82, 2.24) is 10.6 Å². The zero-order valence-electron chi connectivity index (χ0n) is 11.7. The zero-order chi connectivity index (χ0) is 15.1. The average molecular weight is 307 g/mol. The topological polar surface area (TPSA) is 79.8 Å². The molecular formula is C14H17N3O3S. The minimum atomic E-state index is -0.683. The molecule has 0 unspecified atom stereocenters. The molecule has 1 aliphatic rings. The van der Waals surface area contributed by atoms with E-state index in [1.807, 2.05) is 30.3 Å². The number of amidine groups is 1. The molecule has 0 fully saturated rings. The minimum absolute atomic E-state index is 0.170. The van der Waals surface area contributed by atoms with E-state index >= 15 is 0 Å². The molecule has 1 heterocycles. The van der Waals surface area contributed by atoms with Gasteiger partial charge in [-0.2, -0.15) is 0 Å². The lowest BCUT2D eigenvalue weighted by atomic mass is 10.2. The second-order valence-electron chi connectivity index (χ2n) is 4.45. The Morgan fingerprint density at radius 2 is 2.14 bits per heavy atom. The predicted octanol–water partition coefficient (Wildman–Crippen LogP) is 1.52. The molecule has 112 valence electrons. The van der Waals surface area contributed by atoms with Crippen LogP contribution in [0.15, 0.2) is 35.3 Å².